The van der Waals surface area contributed by atoms with E-state index in [1.54, 1.807) is 0 Å². The zero-order valence-electron chi connectivity index (χ0n) is 12.2. The van der Waals surface area contributed by atoms with Crippen molar-refractivity contribution in [2.75, 3.05) is 6.54 Å². The van der Waals surface area contributed by atoms with Crippen LogP contribution in [0.1, 0.15) is 30.9 Å². The lowest BCUT2D eigenvalue weighted by atomic mass is 9.91. The molecule has 0 bridgehead atoms. The molecule has 0 saturated carbocycles. The quantitative estimate of drug-likeness (QED) is 0.872. The first-order chi connectivity index (χ1) is 10.2. The Morgan fingerprint density at radius 1 is 1.19 bits per heavy atom. The lowest BCUT2D eigenvalue weighted by molar-refractivity contribution is 0.303. The average Bonchev–Trinajstić information content (AvgIpc) is 2.95. The van der Waals surface area contributed by atoms with E-state index < -0.39 is 0 Å². The number of hydrogen-bond acceptors (Lipinski definition) is 2. The molecule has 1 N–H and O–H groups in total. The summed E-state index contributed by atoms with van der Waals surface area (Å²) in [6.07, 6.45) is 2.42. The summed E-state index contributed by atoms with van der Waals surface area (Å²) in [5.74, 6) is 0.893. The number of hydrogen-bond donors (Lipinski definition) is 1. The predicted octanol–water partition coefficient (Wildman–Crippen LogP) is 4.63. The van der Waals surface area contributed by atoms with E-state index in [1.165, 1.54) is 24.0 Å². The van der Waals surface area contributed by atoms with Gasteiger partial charge in [-0.1, -0.05) is 36.4 Å². The Hall–Kier alpha value is -1.32. The molecular weight excluding hydrogens is 326 g/mol. The number of nitrogens with one attached hydrogen (secondary N) is 1. The minimum atomic E-state index is 0.0977. The third-order valence-corrected chi connectivity index (χ3v) is 4.79. The average molecular weight is 346 g/mol. The first-order valence-electron chi connectivity index (χ1n) is 7.39. The molecule has 1 atom stereocenters. The first kappa shape index (κ1) is 14.6. The molecule has 2 aromatic carbocycles. The first-order valence-corrected chi connectivity index (χ1v) is 8.18. The lowest BCUT2D eigenvalue weighted by Gasteiger charge is -2.25. The molecule has 1 aliphatic rings. The summed E-state index contributed by atoms with van der Waals surface area (Å²) >= 11 is 3.64. The molecule has 0 spiro atoms. The van der Waals surface area contributed by atoms with Gasteiger partial charge in [0, 0.05) is 5.54 Å². The topological polar surface area (TPSA) is 21.3 Å². The van der Waals surface area contributed by atoms with Crippen molar-refractivity contribution in [3.05, 3.63) is 64.1 Å². The van der Waals surface area contributed by atoms with Crippen LogP contribution in [0.5, 0.6) is 5.75 Å². The Labute approximate surface area is 134 Å². The van der Waals surface area contributed by atoms with Crippen molar-refractivity contribution in [2.24, 2.45) is 0 Å². The molecule has 2 aromatic rings. The zero-order chi connectivity index (χ0) is 14.7. The van der Waals surface area contributed by atoms with Gasteiger partial charge in [-0.05, 0) is 65.5 Å². The van der Waals surface area contributed by atoms with Gasteiger partial charge in [-0.15, -0.1) is 0 Å². The summed E-state index contributed by atoms with van der Waals surface area (Å²) in [7, 11) is 0. The molecule has 0 radical (unpaired) electrons. The van der Waals surface area contributed by atoms with Gasteiger partial charge < -0.3 is 10.1 Å². The molecule has 3 heteroatoms. The molecule has 1 fully saturated rings. The van der Waals surface area contributed by atoms with Crippen LogP contribution in [0.4, 0.5) is 0 Å². The van der Waals surface area contributed by atoms with E-state index in [1.807, 2.05) is 18.2 Å². The minimum absolute atomic E-state index is 0.0977. The fraction of sp³-hybridized carbons (Fsp3) is 0.333. The standard InChI is InChI=1S/C18H20BrNO/c1-18(10-5-11-20-18)15-8-9-17(16(19)12-15)21-13-14-6-3-2-4-7-14/h2-4,6-9,12,20H,5,10-11,13H2,1H3. The largest absolute Gasteiger partial charge is 0.488 e. The number of ether oxygens (including phenoxy) is 1. The van der Waals surface area contributed by atoms with Crippen LogP contribution < -0.4 is 10.1 Å². The van der Waals surface area contributed by atoms with Crippen LogP contribution >= 0.6 is 15.9 Å². The van der Waals surface area contributed by atoms with Gasteiger partial charge in [-0.2, -0.15) is 0 Å². The van der Waals surface area contributed by atoms with E-state index in [4.69, 9.17) is 4.74 Å². The van der Waals surface area contributed by atoms with Gasteiger partial charge >= 0.3 is 0 Å². The monoisotopic (exact) mass is 345 g/mol. The summed E-state index contributed by atoms with van der Waals surface area (Å²) in [5.41, 5.74) is 2.59. The van der Waals surface area contributed by atoms with Gasteiger partial charge in [0.25, 0.3) is 0 Å². The van der Waals surface area contributed by atoms with E-state index in [-0.39, 0.29) is 5.54 Å². The summed E-state index contributed by atoms with van der Waals surface area (Å²) in [4.78, 5) is 0. The number of halogens is 1. The summed E-state index contributed by atoms with van der Waals surface area (Å²) in [5, 5.41) is 3.59. The molecule has 21 heavy (non-hydrogen) atoms. The van der Waals surface area contributed by atoms with Crippen molar-refractivity contribution >= 4 is 15.9 Å². The van der Waals surface area contributed by atoms with Crippen molar-refractivity contribution in [1.82, 2.24) is 5.32 Å². The Balaban J connectivity index is 1.73. The fourth-order valence-electron chi connectivity index (χ4n) is 2.84. The van der Waals surface area contributed by atoms with Crippen molar-refractivity contribution in [1.29, 1.82) is 0 Å². The number of benzene rings is 2. The molecule has 3 rings (SSSR count). The van der Waals surface area contributed by atoms with Crippen LogP contribution in [-0.2, 0) is 12.1 Å². The summed E-state index contributed by atoms with van der Waals surface area (Å²) in [6.45, 7) is 3.96. The highest BCUT2D eigenvalue weighted by Crippen LogP contribution is 2.35. The van der Waals surface area contributed by atoms with E-state index >= 15 is 0 Å². The highest BCUT2D eigenvalue weighted by atomic mass is 79.9. The normalized spacial score (nSPS) is 21.4. The maximum Gasteiger partial charge on any atom is 0.134 e. The van der Waals surface area contributed by atoms with E-state index in [2.05, 4.69) is 58.5 Å². The lowest BCUT2D eigenvalue weighted by Crippen LogP contribution is -2.33. The van der Waals surface area contributed by atoms with E-state index in [0.29, 0.717) is 6.61 Å². The molecule has 1 aliphatic heterocycles. The molecule has 1 heterocycles. The molecule has 110 valence electrons. The Kier molecular flexibility index (Phi) is 4.32. The van der Waals surface area contributed by atoms with Crippen LogP contribution in [0, 0.1) is 0 Å². The van der Waals surface area contributed by atoms with Crippen LogP contribution in [0.15, 0.2) is 53.0 Å². The molecule has 0 aromatic heterocycles. The smallest absolute Gasteiger partial charge is 0.134 e. The second-order valence-electron chi connectivity index (χ2n) is 5.78. The van der Waals surface area contributed by atoms with Crippen molar-refractivity contribution in [2.45, 2.75) is 31.9 Å². The van der Waals surface area contributed by atoms with Gasteiger partial charge in [-0.25, -0.2) is 0 Å². The van der Waals surface area contributed by atoms with Gasteiger partial charge in [0.05, 0.1) is 4.47 Å². The van der Waals surface area contributed by atoms with Gasteiger partial charge in [-0.3, -0.25) is 0 Å². The third-order valence-electron chi connectivity index (χ3n) is 4.17. The molecule has 0 aliphatic carbocycles. The van der Waals surface area contributed by atoms with E-state index in [9.17, 15) is 0 Å². The third kappa shape index (κ3) is 3.30. The highest BCUT2D eigenvalue weighted by molar-refractivity contribution is 9.10. The van der Waals surface area contributed by atoms with Crippen LogP contribution in [0.3, 0.4) is 0 Å². The van der Waals surface area contributed by atoms with Gasteiger partial charge in [0.1, 0.15) is 12.4 Å². The Bertz CT molecular complexity index is 606. The number of rotatable bonds is 4. The van der Waals surface area contributed by atoms with E-state index in [0.717, 1.165) is 16.8 Å². The summed E-state index contributed by atoms with van der Waals surface area (Å²) in [6, 6.07) is 16.6. The summed E-state index contributed by atoms with van der Waals surface area (Å²) < 4.78 is 6.93. The van der Waals surface area contributed by atoms with Crippen LogP contribution in [0.2, 0.25) is 0 Å². The predicted molar refractivity (Wildman–Crippen MR) is 89.5 cm³/mol. The van der Waals surface area contributed by atoms with Crippen molar-refractivity contribution in [3.8, 4) is 5.75 Å². The van der Waals surface area contributed by atoms with Crippen molar-refractivity contribution < 1.29 is 4.74 Å². The second kappa shape index (κ2) is 6.20. The molecule has 0 amide bonds. The van der Waals surface area contributed by atoms with Gasteiger partial charge in [0.15, 0.2) is 0 Å². The fourth-order valence-corrected chi connectivity index (χ4v) is 3.33. The zero-order valence-corrected chi connectivity index (χ0v) is 13.8. The maximum absolute atomic E-state index is 5.91. The maximum atomic E-state index is 5.91. The van der Waals surface area contributed by atoms with Crippen LogP contribution in [-0.4, -0.2) is 6.54 Å². The molecular formula is C18H20BrNO. The molecule has 1 saturated heterocycles. The van der Waals surface area contributed by atoms with Gasteiger partial charge in [0.2, 0.25) is 0 Å². The molecule has 2 nitrogen and oxygen atoms in total. The molecule has 1 unspecified atom stereocenters. The highest BCUT2D eigenvalue weighted by Gasteiger charge is 2.30. The van der Waals surface area contributed by atoms with Crippen molar-refractivity contribution in [3.63, 3.8) is 0 Å². The Morgan fingerprint density at radius 2 is 2.00 bits per heavy atom. The van der Waals surface area contributed by atoms with Crippen LogP contribution in [0.25, 0.3) is 0 Å². The second-order valence-corrected chi connectivity index (χ2v) is 6.64. The SMILES string of the molecule is CC1(c2ccc(OCc3ccccc3)c(Br)c2)CCCN1. The minimum Gasteiger partial charge on any atom is -0.488 e. The Morgan fingerprint density at radius 3 is 2.67 bits per heavy atom.